The second-order valence-corrected chi connectivity index (χ2v) is 6.95. The molecule has 25 heavy (non-hydrogen) atoms. The number of anilines is 1. The Morgan fingerprint density at radius 2 is 2.04 bits per heavy atom. The molecular weight excluding hydrogens is 318 g/mol. The highest BCUT2D eigenvalue weighted by atomic mass is 16.5. The van der Waals surface area contributed by atoms with Gasteiger partial charge in [-0.05, 0) is 18.9 Å². The lowest BCUT2D eigenvalue weighted by atomic mass is 9.83. The molecule has 0 aromatic carbocycles. The van der Waals surface area contributed by atoms with Gasteiger partial charge in [0.1, 0.15) is 6.33 Å². The van der Waals surface area contributed by atoms with E-state index < -0.39 is 0 Å². The molecule has 132 valence electrons. The number of morpholine rings is 1. The molecule has 2 aromatic heterocycles. The average molecular weight is 341 g/mol. The molecular formula is C18H23N5O2. The predicted molar refractivity (Wildman–Crippen MR) is 94.5 cm³/mol. The first-order chi connectivity index (χ1) is 12.2. The molecule has 7 nitrogen and oxygen atoms in total. The van der Waals surface area contributed by atoms with Crippen LogP contribution in [0.4, 0.5) is 5.95 Å². The molecule has 7 heteroatoms. The van der Waals surface area contributed by atoms with Crippen LogP contribution < -0.4 is 10.5 Å². The zero-order valence-electron chi connectivity index (χ0n) is 14.5. The average Bonchev–Trinajstić information content (AvgIpc) is 2.65. The molecule has 2 aliphatic rings. The molecule has 4 rings (SSSR count). The standard InChI is InChI=1S/C18H23N5O2/c1-22-16(24)11-15(14-5-8-19-13-20-14)21-17(22)23-9-10-25-18(12-23)6-3-2-4-7-18/h5,8,11,13H,2-4,6-7,9-10,12H2,1H3. The van der Waals surface area contributed by atoms with Crippen LogP contribution in [0.3, 0.4) is 0 Å². The maximum absolute atomic E-state index is 12.5. The van der Waals surface area contributed by atoms with E-state index in [1.54, 1.807) is 23.9 Å². The van der Waals surface area contributed by atoms with E-state index in [4.69, 9.17) is 9.72 Å². The summed E-state index contributed by atoms with van der Waals surface area (Å²) in [4.78, 5) is 27.6. The van der Waals surface area contributed by atoms with Gasteiger partial charge in [-0.1, -0.05) is 19.3 Å². The highest BCUT2D eigenvalue weighted by Gasteiger charge is 2.38. The van der Waals surface area contributed by atoms with Crippen molar-refractivity contribution < 1.29 is 4.74 Å². The summed E-state index contributed by atoms with van der Waals surface area (Å²) in [5.74, 6) is 0.689. The van der Waals surface area contributed by atoms with Gasteiger partial charge >= 0.3 is 0 Å². The van der Waals surface area contributed by atoms with E-state index >= 15 is 0 Å². The summed E-state index contributed by atoms with van der Waals surface area (Å²) in [6.45, 7) is 2.21. The van der Waals surface area contributed by atoms with Crippen molar-refractivity contribution in [2.75, 3.05) is 24.6 Å². The van der Waals surface area contributed by atoms with E-state index in [0.717, 1.165) is 25.9 Å². The molecule has 2 fully saturated rings. The van der Waals surface area contributed by atoms with Crippen molar-refractivity contribution in [3.8, 4) is 11.4 Å². The number of ether oxygens (including phenoxy) is 1. The minimum Gasteiger partial charge on any atom is -0.371 e. The molecule has 1 saturated heterocycles. The van der Waals surface area contributed by atoms with Gasteiger partial charge in [-0.15, -0.1) is 0 Å². The Bertz CT molecular complexity index is 793. The third-order valence-corrected chi connectivity index (χ3v) is 5.25. The fourth-order valence-electron chi connectivity index (χ4n) is 3.90. The van der Waals surface area contributed by atoms with Gasteiger partial charge in [-0.3, -0.25) is 9.36 Å². The monoisotopic (exact) mass is 341 g/mol. The highest BCUT2D eigenvalue weighted by molar-refractivity contribution is 5.55. The lowest BCUT2D eigenvalue weighted by Gasteiger charge is -2.45. The molecule has 1 saturated carbocycles. The van der Waals surface area contributed by atoms with Crippen molar-refractivity contribution >= 4 is 5.95 Å². The van der Waals surface area contributed by atoms with E-state index in [-0.39, 0.29) is 11.2 Å². The van der Waals surface area contributed by atoms with Crippen LogP contribution in [0.25, 0.3) is 11.4 Å². The number of nitrogens with zero attached hydrogens (tertiary/aromatic N) is 5. The first-order valence-corrected chi connectivity index (χ1v) is 8.90. The van der Waals surface area contributed by atoms with Crippen LogP contribution in [-0.4, -0.2) is 44.8 Å². The van der Waals surface area contributed by atoms with Gasteiger partial charge in [0.2, 0.25) is 5.95 Å². The van der Waals surface area contributed by atoms with E-state index in [2.05, 4.69) is 14.9 Å². The number of aromatic nitrogens is 4. The zero-order chi connectivity index (χ0) is 17.3. The molecule has 1 spiro atoms. The summed E-state index contributed by atoms with van der Waals surface area (Å²) < 4.78 is 7.78. The van der Waals surface area contributed by atoms with Crippen molar-refractivity contribution in [3.05, 3.63) is 35.0 Å². The van der Waals surface area contributed by atoms with Gasteiger partial charge in [0.15, 0.2) is 0 Å². The van der Waals surface area contributed by atoms with E-state index in [9.17, 15) is 4.79 Å². The maximum Gasteiger partial charge on any atom is 0.255 e. The first-order valence-electron chi connectivity index (χ1n) is 8.90. The van der Waals surface area contributed by atoms with Gasteiger partial charge in [-0.25, -0.2) is 15.0 Å². The second-order valence-electron chi connectivity index (χ2n) is 6.95. The SMILES string of the molecule is Cn1c(N2CCOC3(CCCCC3)C2)nc(-c2ccncn2)cc1=O. The normalized spacial score (nSPS) is 20.0. The third-order valence-electron chi connectivity index (χ3n) is 5.25. The molecule has 3 heterocycles. The quantitative estimate of drug-likeness (QED) is 0.829. The third kappa shape index (κ3) is 3.16. The molecule has 0 bridgehead atoms. The van der Waals surface area contributed by atoms with Gasteiger partial charge in [0.05, 0.1) is 23.6 Å². The zero-order valence-corrected chi connectivity index (χ0v) is 14.5. The smallest absolute Gasteiger partial charge is 0.255 e. The fraction of sp³-hybridized carbons (Fsp3) is 0.556. The molecule has 1 aliphatic heterocycles. The largest absolute Gasteiger partial charge is 0.371 e. The minimum absolute atomic E-state index is 0.0807. The molecule has 1 aliphatic carbocycles. The van der Waals surface area contributed by atoms with E-state index in [1.165, 1.54) is 31.7 Å². The molecule has 0 atom stereocenters. The van der Waals surface area contributed by atoms with E-state index in [0.29, 0.717) is 23.9 Å². The summed E-state index contributed by atoms with van der Waals surface area (Å²) >= 11 is 0. The van der Waals surface area contributed by atoms with Crippen molar-refractivity contribution in [3.63, 3.8) is 0 Å². The Morgan fingerprint density at radius 3 is 2.80 bits per heavy atom. The van der Waals surface area contributed by atoms with Crippen LogP contribution in [-0.2, 0) is 11.8 Å². The number of rotatable bonds is 2. The van der Waals surface area contributed by atoms with Crippen molar-refractivity contribution in [1.82, 2.24) is 19.5 Å². The van der Waals surface area contributed by atoms with Crippen LogP contribution >= 0.6 is 0 Å². The molecule has 0 radical (unpaired) electrons. The van der Waals surface area contributed by atoms with Gasteiger partial charge in [-0.2, -0.15) is 0 Å². The van der Waals surface area contributed by atoms with Crippen LogP contribution in [0.15, 0.2) is 29.5 Å². The van der Waals surface area contributed by atoms with Gasteiger partial charge < -0.3 is 9.64 Å². The van der Waals surface area contributed by atoms with Gasteiger partial charge in [0.25, 0.3) is 5.56 Å². The summed E-state index contributed by atoms with van der Waals surface area (Å²) in [7, 11) is 1.78. The van der Waals surface area contributed by atoms with Crippen LogP contribution in [0.5, 0.6) is 0 Å². The maximum atomic E-state index is 12.5. The van der Waals surface area contributed by atoms with Crippen molar-refractivity contribution in [2.45, 2.75) is 37.7 Å². The highest BCUT2D eigenvalue weighted by Crippen LogP contribution is 2.35. The molecule has 0 unspecified atom stereocenters. The van der Waals surface area contributed by atoms with Crippen molar-refractivity contribution in [2.24, 2.45) is 7.05 Å². The Balaban J connectivity index is 1.69. The van der Waals surface area contributed by atoms with E-state index in [1.807, 2.05) is 0 Å². The first kappa shape index (κ1) is 16.2. The van der Waals surface area contributed by atoms with Crippen LogP contribution in [0.2, 0.25) is 0 Å². The topological polar surface area (TPSA) is 73.1 Å². The number of hydrogen-bond acceptors (Lipinski definition) is 6. The minimum atomic E-state index is -0.0842. The molecule has 0 amide bonds. The molecule has 0 N–H and O–H groups in total. The summed E-state index contributed by atoms with van der Waals surface area (Å²) in [5.41, 5.74) is 1.08. The Labute approximate surface area is 146 Å². The second kappa shape index (κ2) is 6.55. The van der Waals surface area contributed by atoms with Gasteiger partial charge in [0, 0.05) is 32.4 Å². The lowest BCUT2D eigenvalue weighted by Crippen LogP contribution is -2.54. The Kier molecular flexibility index (Phi) is 4.25. The number of hydrogen-bond donors (Lipinski definition) is 0. The lowest BCUT2D eigenvalue weighted by molar-refractivity contribution is -0.0786. The fourth-order valence-corrected chi connectivity index (χ4v) is 3.90. The summed E-state index contributed by atoms with van der Waals surface area (Å²) in [5, 5.41) is 0. The van der Waals surface area contributed by atoms with Crippen LogP contribution in [0.1, 0.15) is 32.1 Å². The molecule has 2 aromatic rings. The summed E-state index contributed by atoms with van der Waals surface area (Å²) in [6.07, 6.45) is 9.01. The Morgan fingerprint density at radius 1 is 1.20 bits per heavy atom. The Hall–Kier alpha value is -2.28. The summed E-state index contributed by atoms with van der Waals surface area (Å²) in [6, 6.07) is 3.30. The van der Waals surface area contributed by atoms with Crippen molar-refractivity contribution in [1.29, 1.82) is 0 Å². The predicted octanol–water partition coefficient (Wildman–Crippen LogP) is 1.78. The van der Waals surface area contributed by atoms with Crippen LogP contribution in [0, 0.1) is 0 Å².